The fourth-order valence-corrected chi connectivity index (χ4v) is 2.56. The molecule has 5 nitrogen and oxygen atoms in total. The smallest absolute Gasteiger partial charge is 0.270 e. The molecule has 25 heavy (non-hydrogen) atoms. The largest absolute Gasteiger partial charge is 0.383 e. The monoisotopic (exact) mass is 355 g/mol. The summed E-state index contributed by atoms with van der Waals surface area (Å²) in [6, 6.07) is 18.7. The van der Waals surface area contributed by atoms with Crippen LogP contribution in [0, 0.1) is 0 Å². The number of halogens is 1. The van der Waals surface area contributed by atoms with Gasteiger partial charge in [0.1, 0.15) is 5.69 Å². The van der Waals surface area contributed by atoms with Crippen LogP contribution in [0.15, 0.2) is 60.7 Å². The average molecular weight is 356 g/mol. The molecule has 6 heteroatoms. The lowest BCUT2D eigenvalue weighted by atomic mass is 10.1. The molecule has 128 valence electrons. The first kappa shape index (κ1) is 17.2. The van der Waals surface area contributed by atoms with Crippen LogP contribution in [0.4, 0.5) is 0 Å². The van der Waals surface area contributed by atoms with Gasteiger partial charge in [0.25, 0.3) is 5.91 Å². The van der Waals surface area contributed by atoms with Crippen molar-refractivity contribution in [3.8, 4) is 16.9 Å². The minimum atomic E-state index is -0.207. The highest BCUT2D eigenvalue weighted by atomic mass is 35.5. The molecule has 0 bridgehead atoms. The van der Waals surface area contributed by atoms with E-state index in [-0.39, 0.29) is 5.91 Å². The maximum Gasteiger partial charge on any atom is 0.270 e. The van der Waals surface area contributed by atoms with Gasteiger partial charge in [0.2, 0.25) is 0 Å². The fourth-order valence-electron chi connectivity index (χ4n) is 2.43. The second kappa shape index (κ2) is 7.96. The minimum absolute atomic E-state index is 0.207. The highest BCUT2D eigenvalue weighted by Gasteiger charge is 2.17. The van der Waals surface area contributed by atoms with Gasteiger partial charge in [-0.1, -0.05) is 41.9 Å². The predicted octanol–water partition coefficient (Wildman–Crippen LogP) is 3.57. The molecular formula is C19H18ClN3O2. The number of amides is 1. The van der Waals surface area contributed by atoms with Crippen LogP contribution < -0.4 is 5.32 Å². The van der Waals surface area contributed by atoms with E-state index in [0.29, 0.717) is 23.9 Å². The molecule has 0 spiro atoms. The zero-order valence-corrected chi connectivity index (χ0v) is 14.5. The van der Waals surface area contributed by atoms with E-state index in [0.717, 1.165) is 16.9 Å². The van der Waals surface area contributed by atoms with Crippen molar-refractivity contribution in [3.05, 3.63) is 71.4 Å². The molecule has 0 aliphatic carbocycles. The summed E-state index contributed by atoms with van der Waals surface area (Å²) in [6.45, 7) is 0.883. The normalized spacial score (nSPS) is 10.6. The summed E-state index contributed by atoms with van der Waals surface area (Å²) in [5.74, 6) is -0.207. The van der Waals surface area contributed by atoms with Crippen molar-refractivity contribution in [3.63, 3.8) is 0 Å². The van der Waals surface area contributed by atoms with Gasteiger partial charge in [-0.2, -0.15) is 5.10 Å². The van der Waals surface area contributed by atoms with Crippen LogP contribution in [-0.4, -0.2) is 35.9 Å². The summed E-state index contributed by atoms with van der Waals surface area (Å²) < 4.78 is 6.60. The number of ether oxygens (including phenoxy) is 1. The van der Waals surface area contributed by atoms with Gasteiger partial charge in [0.05, 0.1) is 18.0 Å². The van der Waals surface area contributed by atoms with Gasteiger partial charge in [-0.05, 0) is 30.3 Å². The quantitative estimate of drug-likeness (QED) is 0.688. The molecule has 0 saturated carbocycles. The lowest BCUT2D eigenvalue weighted by molar-refractivity contribution is 0.0929. The lowest BCUT2D eigenvalue weighted by Crippen LogP contribution is -2.28. The Bertz CT molecular complexity index is 845. The van der Waals surface area contributed by atoms with E-state index >= 15 is 0 Å². The summed E-state index contributed by atoms with van der Waals surface area (Å²) in [6.07, 6.45) is 0. The van der Waals surface area contributed by atoms with Crippen molar-refractivity contribution >= 4 is 17.5 Å². The van der Waals surface area contributed by atoms with Crippen LogP contribution >= 0.6 is 11.6 Å². The molecule has 0 atom stereocenters. The van der Waals surface area contributed by atoms with Crippen molar-refractivity contribution in [2.24, 2.45) is 0 Å². The molecule has 1 heterocycles. The van der Waals surface area contributed by atoms with Gasteiger partial charge >= 0.3 is 0 Å². The first-order valence-corrected chi connectivity index (χ1v) is 8.25. The number of rotatable bonds is 6. The third-order valence-electron chi connectivity index (χ3n) is 3.67. The van der Waals surface area contributed by atoms with Crippen LogP contribution in [0.2, 0.25) is 5.02 Å². The third kappa shape index (κ3) is 4.07. The molecule has 0 fully saturated rings. The predicted molar refractivity (Wildman–Crippen MR) is 98.2 cm³/mol. The van der Waals surface area contributed by atoms with Gasteiger partial charge in [-0.15, -0.1) is 0 Å². The van der Waals surface area contributed by atoms with Crippen LogP contribution in [0.5, 0.6) is 0 Å². The molecular weight excluding hydrogens is 338 g/mol. The highest BCUT2D eigenvalue weighted by molar-refractivity contribution is 6.30. The number of benzene rings is 2. The second-order valence-electron chi connectivity index (χ2n) is 5.42. The van der Waals surface area contributed by atoms with Gasteiger partial charge in [-0.25, -0.2) is 4.68 Å². The number of methoxy groups -OCH3 is 1. The van der Waals surface area contributed by atoms with Gasteiger partial charge < -0.3 is 10.1 Å². The zero-order valence-electron chi connectivity index (χ0n) is 13.8. The average Bonchev–Trinajstić information content (AvgIpc) is 3.09. The third-order valence-corrected chi connectivity index (χ3v) is 3.93. The van der Waals surface area contributed by atoms with Crippen molar-refractivity contribution in [1.29, 1.82) is 0 Å². The number of nitrogens with one attached hydrogen (secondary N) is 1. The van der Waals surface area contributed by atoms with E-state index in [1.165, 1.54) is 0 Å². The van der Waals surface area contributed by atoms with E-state index < -0.39 is 0 Å². The van der Waals surface area contributed by atoms with Crippen molar-refractivity contribution in [1.82, 2.24) is 15.1 Å². The zero-order chi connectivity index (χ0) is 17.6. The molecule has 2 aromatic carbocycles. The maximum absolute atomic E-state index is 12.6. The standard InChI is InChI=1S/C19H18ClN3O2/c1-25-12-11-21-19(24)18-13-17(14-5-3-2-4-6-14)22-23(18)16-9-7-15(20)8-10-16/h2-10,13H,11-12H2,1H3,(H,21,24). The summed E-state index contributed by atoms with van der Waals surface area (Å²) in [5, 5.41) is 8.08. The molecule has 0 radical (unpaired) electrons. The molecule has 3 rings (SSSR count). The maximum atomic E-state index is 12.6. The SMILES string of the molecule is COCCNC(=O)c1cc(-c2ccccc2)nn1-c1ccc(Cl)cc1. The molecule has 1 N–H and O–H groups in total. The Morgan fingerprint density at radius 1 is 1.16 bits per heavy atom. The number of carbonyl (C=O) groups excluding carboxylic acids is 1. The first-order valence-electron chi connectivity index (χ1n) is 7.87. The first-order chi connectivity index (χ1) is 12.2. The number of hydrogen-bond acceptors (Lipinski definition) is 3. The Morgan fingerprint density at radius 2 is 1.88 bits per heavy atom. The Balaban J connectivity index is 2.00. The number of aromatic nitrogens is 2. The molecule has 1 aromatic heterocycles. The topological polar surface area (TPSA) is 56.1 Å². The molecule has 0 aliphatic rings. The lowest BCUT2D eigenvalue weighted by Gasteiger charge is -2.08. The molecule has 3 aromatic rings. The van der Waals surface area contributed by atoms with Crippen molar-refractivity contribution in [2.75, 3.05) is 20.3 Å². The minimum Gasteiger partial charge on any atom is -0.383 e. The van der Waals surface area contributed by atoms with Gasteiger partial charge in [-0.3, -0.25) is 4.79 Å². The van der Waals surface area contributed by atoms with Gasteiger partial charge in [0, 0.05) is 24.2 Å². The molecule has 0 aliphatic heterocycles. The molecule has 1 amide bonds. The number of nitrogens with zero attached hydrogens (tertiary/aromatic N) is 2. The number of hydrogen-bond donors (Lipinski definition) is 1. The Kier molecular flexibility index (Phi) is 5.48. The Morgan fingerprint density at radius 3 is 2.56 bits per heavy atom. The van der Waals surface area contributed by atoms with E-state index in [2.05, 4.69) is 10.4 Å². The summed E-state index contributed by atoms with van der Waals surface area (Å²) >= 11 is 5.96. The van der Waals surface area contributed by atoms with Crippen molar-refractivity contribution < 1.29 is 9.53 Å². The molecule has 0 unspecified atom stereocenters. The van der Waals surface area contributed by atoms with Crippen LogP contribution in [0.1, 0.15) is 10.5 Å². The van der Waals surface area contributed by atoms with Crippen molar-refractivity contribution in [2.45, 2.75) is 0 Å². The van der Waals surface area contributed by atoms with E-state index in [4.69, 9.17) is 16.3 Å². The second-order valence-corrected chi connectivity index (χ2v) is 5.85. The summed E-state index contributed by atoms with van der Waals surface area (Å²) in [5.41, 5.74) is 2.90. The summed E-state index contributed by atoms with van der Waals surface area (Å²) in [4.78, 5) is 12.6. The van der Waals surface area contributed by atoms with Gasteiger partial charge in [0.15, 0.2) is 0 Å². The van der Waals surface area contributed by atoms with E-state index in [1.807, 2.05) is 42.5 Å². The van der Waals surface area contributed by atoms with Crippen LogP contribution in [0.25, 0.3) is 16.9 Å². The Labute approximate surface area is 151 Å². The number of carbonyl (C=O) groups is 1. The fraction of sp³-hybridized carbons (Fsp3) is 0.158. The van der Waals surface area contributed by atoms with E-state index in [9.17, 15) is 4.79 Å². The van der Waals surface area contributed by atoms with E-state index in [1.54, 1.807) is 30.0 Å². The highest BCUT2D eigenvalue weighted by Crippen LogP contribution is 2.22. The molecule has 0 saturated heterocycles. The Hall–Kier alpha value is -2.63. The van der Waals surface area contributed by atoms with Crippen LogP contribution in [0.3, 0.4) is 0 Å². The van der Waals surface area contributed by atoms with Crippen LogP contribution in [-0.2, 0) is 4.74 Å². The summed E-state index contributed by atoms with van der Waals surface area (Å²) in [7, 11) is 1.59.